The molecule has 0 radical (unpaired) electrons. The van der Waals surface area contributed by atoms with Gasteiger partial charge in [0.1, 0.15) is 10.6 Å². The van der Waals surface area contributed by atoms with Crippen molar-refractivity contribution in [3.63, 3.8) is 0 Å². The predicted octanol–water partition coefficient (Wildman–Crippen LogP) is 5.81. The summed E-state index contributed by atoms with van der Waals surface area (Å²) in [6, 6.07) is 6.49. The minimum Gasteiger partial charge on any atom is -0.348 e. The lowest BCUT2D eigenvalue weighted by Gasteiger charge is -2.22. The number of aromatic nitrogens is 2. The molecule has 0 bridgehead atoms. The van der Waals surface area contributed by atoms with Crippen LogP contribution in [0.5, 0.6) is 0 Å². The molecule has 0 fully saturated rings. The third kappa shape index (κ3) is 3.46. The summed E-state index contributed by atoms with van der Waals surface area (Å²) < 4.78 is 0. The molecular weight excluding hydrogens is 350 g/mol. The molecular formula is C20H20ClN3S. The normalized spacial score (nSPS) is 10.8. The summed E-state index contributed by atoms with van der Waals surface area (Å²) in [6.45, 7) is 13.3. The van der Waals surface area contributed by atoms with Crippen LogP contribution in [0.1, 0.15) is 11.1 Å². The van der Waals surface area contributed by atoms with Crippen molar-refractivity contribution in [2.45, 2.75) is 13.8 Å². The average molecular weight is 370 g/mol. The van der Waals surface area contributed by atoms with Crippen molar-refractivity contribution in [3.8, 4) is 11.1 Å². The number of thiophene rings is 1. The molecule has 0 saturated carbocycles. The summed E-state index contributed by atoms with van der Waals surface area (Å²) in [6.07, 6.45) is 3.71. The molecule has 2 heterocycles. The zero-order valence-corrected chi connectivity index (χ0v) is 16.0. The van der Waals surface area contributed by atoms with Gasteiger partial charge in [0.15, 0.2) is 0 Å². The molecule has 0 saturated heterocycles. The number of nitrogens with zero attached hydrogens (tertiary/aromatic N) is 3. The molecule has 25 heavy (non-hydrogen) atoms. The van der Waals surface area contributed by atoms with Crippen LogP contribution in [0.4, 0.5) is 5.82 Å². The van der Waals surface area contributed by atoms with Crippen LogP contribution < -0.4 is 4.90 Å². The fraction of sp³-hybridized carbons (Fsp3) is 0.200. The van der Waals surface area contributed by atoms with Crippen LogP contribution in [-0.2, 0) is 0 Å². The van der Waals surface area contributed by atoms with Crippen LogP contribution >= 0.6 is 22.9 Å². The van der Waals surface area contributed by atoms with E-state index in [1.165, 1.54) is 16.7 Å². The minimum atomic E-state index is 0.259. The lowest BCUT2D eigenvalue weighted by atomic mass is 9.99. The zero-order chi connectivity index (χ0) is 18.0. The molecule has 5 heteroatoms. The van der Waals surface area contributed by atoms with Gasteiger partial charge in [0.05, 0.1) is 5.39 Å². The molecule has 0 spiro atoms. The van der Waals surface area contributed by atoms with Crippen LogP contribution in [-0.4, -0.2) is 23.1 Å². The number of hydrogen-bond acceptors (Lipinski definition) is 4. The van der Waals surface area contributed by atoms with Gasteiger partial charge >= 0.3 is 0 Å². The van der Waals surface area contributed by atoms with Gasteiger partial charge in [-0.1, -0.05) is 35.9 Å². The van der Waals surface area contributed by atoms with Crippen molar-refractivity contribution in [3.05, 3.63) is 65.3 Å². The van der Waals surface area contributed by atoms with Gasteiger partial charge < -0.3 is 4.90 Å². The number of aryl methyl sites for hydroxylation is 2. The second-order valence-electron chi connectivity index (χ2n) is 5.95. The maximum absolute atomic E-state index is 6.18. The molecule has 0 amide bonds. The van der Waals surface area contributed by atoms with Gasteiger partial charge in [-0.05, 0) is 36.6 Å². The largest absolute Gasteiger partial charge is 0.348 e. The monoisotopic (exact) mass is 369 g/mol. The quantitative estimate of drug-likeness (QED) is 0.405. The Bertz CT molecular complexity index is 936. The first-order valence-corrected chi connectivity index (χ1v) is 9.30. The Labute approximate surface area is 157 Å². The highest BCUT2D eigenvalue weighted by Gasteiger charge is 2.19. The van der Waals surface area contributed by atoms with Crippen LogP contribution in [0.25, 0.3) is 21.3 Å². The van der Waals surface area contributed by atoms with Gasteiger partial charge in [0, 0.05) is 24.0 Å². The number of benzene rings is 1. The standard InChI is InChI=1S/C20H20ClN3S/c1-5-9-24(10-6-2)18-17-16(12-25-19(17)23-20(21)22-18)15-8-7-13(3)11-14(15)4/h5-8,11-12H,1-2,9-10H2,3-4H3. The maximum atomic E-state index is 6.18. The number of anilines is 1. The highest BCUT2D eigenvalue weighted by molar-refractivity contribution is 7.17. The zero-order valence-electron chi connectivity index (χ0n) is 14.4. The van der Waals surface area contributed by atoms with Gasteiger partial charge in [0.25, 0.3) is 0 Å². The van der Waals surface area contributed by atoms with E-state index in [1.807, 2.05) is 12.2 Å². The van der Waals surface area contributed by atoms with Crippen molar-refractivity contribution in [1.82, 2.24) is 9.97 Å². The Morgan fingerprint density at radius 1 is 1.12 bits per heavy atom. The molecule has 0 aliphatic heterocycles. The molecule has 0 N–H and O–H groups in total. The Hall–Kier alpha value is -2.17. The summed E-state index contributed by atoms with van der Waals surface area (Å²) in [5.74, 6) is 0.825. The van der Waals surface area contributed by atoms with Gasteiger partial charge in [-0.3, -0.25) is 0 Å². The molecule has 3 rings (SSSR count). The molecule has 3 nitrogen and oxygen atoms in total. The van der Waals surface area contributed by atoms with Gasteiger partial charge in [0.2, 0.25) is 5.28 Å². The van der Waals surface area contributed by atoms with E-state index < -0.39 is 0 Å². The number of hydrogen-bond donors (Lipinski definition) is 0. The van der Waals surface area contributed by atoms with Gasteiger partial charge in [-0.15, -0.1) is 24.5 Å². The molecule has 3 aromatic rings. The van der Waals surface area contributed by atoms with Gasteiger partial charge in [-0.2, -0.15) is 4.98 Å². The first-order chi connectivity index (χ1) is 12.0. The fourth-order valence-corrected chi connectivity index (χ4v) is 4.15. The summed E-state index contributed by atoms with van der Waals surface area (Å²) >= 11 is 7.77. The van der Waals surface area contributed by atoms with Crippen LogP contribution in [0.2, 0.25) is 5.28 Å². The number of halogens is 1. The summed E-state index contributed by atoms with van der Waals surface area (Å²) in [5, 5.41) is 3.43. The predicted molar refractivity (Wildman–Crippen MR) is 110 cm³/mol. The molecule has 0 aliphatic rings. The van der Waals surface area contributed by atoms with E-state index in [0.717, 1.165) is 21.6 Å². The second kappa shape index (κ2) is 7.38. The average Bonchev–Trinajstić information content (AvgIpc) is 2.97. The van der Waals surface area contributed by atoms with Crippen LogP contribution in [0.15, 0.2) is 48.9 Å². The molecule has 0 aliphatic carbocycles. The molecule has 2 aromatic heterocycles. The summed E-state index contributed by atoms with van der Waals surface area (Å²) in [4.78, 5) is 12.0. The Balaban J connectivity index is 2.28. The van der Waals surface area contributed by atoms with E-state index in [-0.39, 0.29) is 5.28 Å². The van der Waals surface area contributed by atoms with Crippen molar-refractivity contribution >= 4 is 39.0 Å². The lowest BCUT2D eigenvalue weighted by molar-refractivity contribution is 0.929. The highest BCUT2D eigenvalue weighted by Crippen LogP contribution is 2.40. The van der Waals surface area contributed by atoms with E-state index in [9.17, 15) is 0 Å². The Morgan fingerprint density at radius 3 is 2.48 bits per heavy atom. The summed E-state index contributed by atoms with van der Waals surface area (Å²) in [7, 11) is 0. The van der Waals surface area contributed by atoms with E-state index in [0.29, 0.717) is 13.1 Å². The first kappa shape index (κ1) is 17.6. The minimum absolute atomic E-state index is 0.259. The van der Waals surface area contributed by atoms with Crippen LogP contribution in [0, 0.1) is 13.8 Å². The van der Waals surface area contributed by atoms with E-state index in [4.69, 9.17) is 11.6 Å². The third-order valence-corrected chi connectivity index (χ3v) is 5.10. The maximum Gasteiger partial charge on any atom is 0.225 e. The van der Waals surface area contributed by atoms with Crippen molar-refractivity contribution in [1.29, 1.82) is 0 Å². The second-order valence-corrected chi connectivity index (χ2v) is 7.14. The third-order valence-electron chi connectivity index (χ3n) is 4.06. The fourth-order valence-electron chi connectivity index (χ4n) is 3.00. The molecule has 0 unspecified atom stereocenters. The first-order valence-electron chi connectivity index (χ1n) is 8.04. The lowest BCUT2D eigenvalue weighted by Crippen LogP contribution is -2.24. The number of rotatable bonds is 6. The van der Waals surface area contributed by atoms with Crippen molar-refractivity contribution < 1.29 is 0 Å². The molecule has 128 valence electrons. The van der Waals surface area contributed by atoms with Crippen molar-refractivity contribution in [2.75, 3.05) is 18.0 Å². The topological polar surface area (TPSA) is 29.0 Å². The molecule has 1 aromatic carbocycles. The Morgan fingerprint density at radius 2 is 1.84 bits per heavy atom. The van der Waals surface area contributed by atoms with Crippen molar-refractivity contribution in [2.24, 2.45) is 0 Å². The highest BCUT2D eigenvalue weighted by atomic mass is 35.5. The molecule has 0 atom stereocenters. The van der Waals surface area contributed by atoms with E-state index in [1.54, 1.807) is 11.3 Å². The van der Waals surface area contributed by atoms with Crippen LogP contribution in [0.3, 0.4) is 0 Å². The van der Waals surface area contributed by atoms with E-state index in [2.05, 4.69) is 65.5 Å². The SMILES string of the molecule is C=CCN(CC=C)c1nc(Cl)nc2scc(-c3ccc(C)cc3C)c12. The Kier molecular flexibility index (Phi) is 5.21. The van der Waals surface area contributed by atoms with Gasteiger partial charge in [-0.25, -0.2) is 4.98 Å². The number of fused-ring (bicyclic) bond motifs is 1. The smallest absolute Gasteiger partial charge is 0.225 e. The van der Waals surface area contributed by atoms with E-state index >= 15 is 0 Å². The summed E-state index contributed by atoms with van der Waals surface area (Å²) in [5.41, 5.74) is 4.82.